The van der Waals surface area contributed by atoms with E-state index in [1.54, 1.807) is 0 Å². The van der Waals surface area contributed by atoms with Crippen molar-refractivity contribution in [2.75, 3.05) is 0 Å². The molecule has 3 aromatic rings. The summed E-state index contributed by atoms with van der Waals surface area (Å²) in [5.41, 5.74) is 0.145. The Kier molecular flexibility index (Phi) is 3.95. The lowest BCUT2D eigenvalue weighted by molar-refractivity contribution is -0.0401. The summed E-state index contributed by atoms with van der Waals surface area (Å²) in [4.78, 5) is 0. The highest BCUT2D eigenvalue weighted by molar-refractivity contribution is 6.31. The van der Waals surface area contributed by atoms with Crippen molar-refractivity contribution in [1.82, 2.24) is 14.6 Å². The molecule has 2 aromatic heterocycles. The fourth-order valence-corrected chi connectivity index (χ4v) is 6.64. The maximum Gasteiger partial charge on any atom is 0.203 e. The van der Waals surface area contributed by atoms with Gasteiger partial charge in [-0.2, -0.15) is 0 Å². The van der Waals surface area contributed by atoms with Gasteiger partial charge in [0.2, 0.25) is 5.65 Å². The van der Waals surface area contributed by atoms with Gasteiger partial charge in [0, 0.05) is 16.8 Å². The summed E-state index contributed by atoms with van der Waals surface area (Å²) >= 11 is 6.27. The summed E-state index contributed by atoms with van der Waals surface area (Å²) in [5.74, 6) is 2.14. The molecular weight excluding hydrogens is 398 g/mol. The van der Waals surface area contributed by atoms with Crippen molar-refractivity contribution >= 4 is 17.2 Å². The van der Waals surface area contributed by atoms with E-state index in [1.165, 1.54) is 0 Å². The molecule has 0 aliphatic heterocycles. The minimum atomic E-state index is -0.854. The van der Waals surface area contributed by atoms with Crippen LogP contribution in [0.2, 0.25) is 5.02 Å². The third-order valence-corrected chi connectivity index (χ3v) is 8.91. The Morgan fingerprint density at radius 2 is 1.77 bits per heavy atom. The summed E-state index contributed by atoms with van der Waals surface area (Å²) in [5, 5.41) is 21.5. The predicted octanol–water partition coefficient (Wildman–Crippen LogP) is 5.70. The fraction of sp³-hybridized carbons (Fsp3) is 0.500. The number of aromatic nitrogens is 3. The molecule has 0 amide bonds. The van der Waals surface area contributed by atoms with E-state index in [2.05, 4.69) is 31.0 Å². The van der Waals surface area contributed by atoms with Gasteiger partial charge < -0.3 is 9.84 Å². The highest BCUT2D eigenvalue weighted by Gasteiger charge is 2.76. The van der Waals surface area contributed by atoms with Gasteiger partial charge in [-0.25, -0.2) is 0 Å². The van der Waals surface area contributed by atoms with Crippen LogP contribution in [0.15, 0.2) is 36.5 Å². The predicted molar refractivity (Wildman–Crippen MR) is 117 cm³/mol. The normalized spacial score (nSPS) is 32.1. The Hall–Kier alpha value is -2.11. The van der Waals surface area contributed by atoms with Crippen LogP contribution in [0.25, 0.3) is 5.65 Å². The first-order valence-corrected chi connectivity index (χ1v) is 10.9. The number of benzene rings is 1. The van der Waals surface area contributed by atoms with E-state index in [4.69, 9.17) is 16.3 Å². The van der Waals surface area contributed by atoms with Crippen molar-refractivity contribution in [3.8, 4) is 11.5 Å². The maximum absolute atomic E-state index is 11.6. The largest absolute Gasteiger partial charge is 0.453 e. The Morgan fingerprint density at radius 1 is 1.03 bits per heavy atom. The van der Waals surface area contributed by atoms with Crippen LogP contribution in [0, 0.1) is 17.8 Å². The number of hydrogen-bond acceptors (Lipinski definition) is 4. The second-order valence-electron chi connectivity index (χ2n) is 10.1. The van der Waals surface area contributed by atoms with Crippen molar-refractivity contribution in [3.05, 3.63) is 52.9 Å². The standard InChI is InChI=1S/C24H28ClN3O2/c1-15-16(25)8-6-9-17(15)30-18-10-7-13-28-19(18)26-27-20(28)24-12-11-22(4,21(24,2)3)14-23(24,5)29/h6-10,13,29H,11-12,14H2,1-5H3/t22-,23?,24+/m1/s1. The first kappa shape index (κ1) is 19.8. The average Bonchev–Trinajstić information content (AvgIpc) is 3.21. The molecule has 1 aromatic carbocycles. The van der Waals surface area contributed by atoms with Crippen LogP contribution < -0.4 is 4.74 Å². The van der Waals surface area contributed by atoms with Crippen molar-refractivity contribution in [1.29, 1.82) is 0 Å². The molecule has 3 atom stereocenters. The lowest BCUT2D eigenvalue weighted by Crippen LogP contribution is -2.52. The highest BCUT2D eigenvalue weighted by Crippen LogP contribution is 2.75. The van der Waals surface area contributed by atoms with Crippen LogP contribution in [0.3, 0.4) is 0 Å². The van der Waals surface area contributed by atoms with E-state index in [0.717, 1.165) is 30.7 Å². The van der Waals surface area contributed by atoms with Gasteiger partial charge in [0.25, 0.3) is 0 Å². The second-order valence-corrected chi connectivity index (χ2v) is 10.5. The molecule has 2 aliphatic rings. The molecule has 2 bridgehead atoms. The summed E-state index contributed by atoms with van der Waals surface area (Å²) in [6, 6.07) is 9.45. The molecule has 5 rings (SSSR count). The van der Waals surface area contributed by atoms with E-state index in [1.807, 2.05) is 54.8 Å². The lowest BCUT2D eigenvalue weighted by Gasteiger charge is -2.44. The molecule has 1 N–H and O–H groups in total. The monoisotopic (exact) mass is 425 g/mol. The molecule has 6 heteroatoms. The minimum Gasteiger partial charge on any atom is -0.453 e. The number of fused-ring (bicyclic) bond motifs is 3. The number of halogens is 1. The van der Waals surface area contributed by atoms with E-state index >= 15 is 0 Å². The number of pyridine rings is 1. The zero-order valence-electron chi connectivity index (χ0n) is 18.2. The number of ether oxygens (including phenoxy) is 1. The van der Waals surface area contributed by atoms with Gasteiger partial charge in [0.1, 0.15) is 11.6 Å². The molecule has 2 aliphatic carbocycles. The Labute approximate surface area is 182 Å². The van der Waals surface area contributed by atoms with Gasteiger partial charge in [-0.15, -0.1) is 10.2 Å². The molecule has 5 nitrogen and oxygen atoms in total. The zero-order chi connectivity index (χ0) is 21.5. The van der Waals surface area contributed by atoms with Crippen molar-refractivity contribution < 1.29 is 9.84 Å². The van der Waals surface area contributed by atoms with Crippen molar-refractivity contribution in [2.45, 2.75) is 64.9 Å². The van der Waals surface area contributed by atoms with Crippen LogP contribution in [0.1, 0.15) is 58.3 Å². The quantitative estimate of drug-likeness (QED) is 0.584. The number of rotatable bonds is 3. The number of aliphatic hydroxyl groups is 1. The molecule has 2 saturated carbocycles. The smallest absolute Gasteiger partial charge is 0.203 e. The first-order valence-electron chi connectivity index (χ1n) is 10.5. The number of nitrogens with zero attached hydrogens (tertiary/aromatic N) is 3. The van der Waals surface area contributed by atoms with E-state index in [9.17, 15) is 5.11 Å². The lowest BCUT2D eigenvalue weighted by atomic mass is 9.61. The molecule has 2 fully saturated rings. The second kappa shape index (κ2) is 5.98. The zero-order valence-corrected chi connectivity index (χ0v) is 18.9. The van der Waals surface area contributed by atoms with Gasteiger partial charge in [0.15, 0.2) is 5.75 Å². The Morgan fingerprint density at radius 3 is 2.43 bits per heavy atom. The molecule has 158 valence electrons. The molecule has 30 heavy (non-hydrogen) atoms. The summed E-state index contributed by atoms with van der Waals surface area (Å²) < 4.78 is 8.21. The molecular formula is C24H28ClN3O2. The van der Waals surface area contributed by atoms with Gasteiger partial charge in [0.05, 0.1) is 11.0 Å². The minimum absolute atomic E-state index is 0.0638. The molecule has 0 saturated heterocycles. The summed E-state index contributed by atoms with van der Waals surface area (Å²) in [6.45, 7) is 10.8. The van der Waals surface area contributed by atoms with Crippen LogP contribution in [-0.4, -0.2) is 25.3 Å². The Balaban J connectivity index is 1.67. The van der Waals surface area contributed by atoms with Crippen LogP contribution in [-0.2, 0) is 5.41 Å². The molecule has 1 unspecified atom stereocenters. The topological polar surface area (TPSA) is 59.7 Å². The fourth-order valence-electron chi connectivity index (χ4n) is 6.48. The van der Waals surface area contributed by atoms with Gasteiger partial charge in [-0.3, -0.25) is 4.40 Å². The van der Waals surface area contributed by atoms with E-state index in [0.29, 0.717) is 22.2 Å². The van der Waals surface area contributed by atoms with Gasteiger partial charge in [-0.1, -0.05) is 38.4 Å². The molecule has 0 spiro atoms. The number of hydrogen-bond donors (Lipinski definition) is 1. The van der Waals surface area contributed by atoms with Crippen molar-refractivity contribution in [2.24, 2.45) is 10.8 Å². The van der Waals surface area contributed by atoms with Crippen LogP contribution >= 0.6 is 11.6 Å². The third-order valence-electron chi connectivity index (χ3n) is 8.50. The van der Waals surface area contributed by atoms with Crippen molar-refractivity contribution in [3.63, 3.8) is 0 Å². The maximum atomic E-state index is 11.6. The third kappa shape index (κ3) is 2.23. The Bertz CT molecular complexity index is 1170. The highest BCUT2D eigenvalue weighted by atomic mass is 35.5. The summed E-state index contributed by atoms with van der Waals surface area (Å²) in [7, 11) is 0. The first-order chi connectivity index (χ1) is 14.0. The average molecular weight is 426 g/mol. The molecule has 2 heterocycles. The van der Waals surface area contributed by atoms with E-state index in [-0.39, 0.29) is 10.8 Å². The van der Waals surface area contributed by atoms with Gasteiger partial charge in [-0.05, 0) is 68.2 Å². The van der Waals surface area contributed by atoms with Crippen LogP contribution in [0.4, 0.5) is 0 Å². The van der Waals surface area contributed by atoms with Gasteiger partial charge >= 0.3 is 0 Å². The summed E-state index contributed by atoms with van der Waals surface area (Å²) in [6.07, 6.45) is 4.70. The molecule has 0 radical (unpaired) electrons. The SMILES string of the molecule is Cc1c(Cl)cccc1Oc1cccn2c([C@]34CC[C@](C)(CC3(C)O)C4(C)C)nnc12. The van der Waals surface area contributed by atoms with Crippen LogP contribution in [0.5, 0.6) is 11.5 Å². The van der Waals surface area contributed by atoms with E-state index < -0.39 is 11.0 Å².